The Bertz CT molecular complexity index is 302. The smallest absolute Gasteiger partial charge is 0.212 e. The molecule has 2 rings (SSSR count). The maximum Gasteiger partial charge on any atom is 0.212 e. The Morgan fingerprint density at radius 2 is 1.92 bits per heavy atom. The lowest BCUT2D eigenvalue weighted by Gasteiger charge is -2.31. The highest BCUT2D eigenvalue weighted by Crippen LogP contribution is 2.56. The molecule has 3 nitrogen and oxygen atoms in total. The fourth-order valence-electron chi connectivity index (χ4n) is 3.16. The molecule has 2 aliphatic carbocycles. The second kappa shape index (κ2) is 2.70. The molecule has 0 heterocycles. The van der Waals surface area contributed by atoms with Gasteiger partial charge in [0.15, 0.2) is 0 Å². The molecule has 0 aliphatic heterocycles. The molecule has 1 atom stereocenters. The summed E-state index contributed by atoms with van der Waals surface area (Å²) in [5, 5.41) is 4.87. The minimum Gasteiger partial charge on any atom is -0.228 e. The Morgan fingerprint density at radius 1 is 1.38 bits per heavy atom. The van der Waals surface area contributed by atoms with Gasteiger partial charge >= 0.3 is 0 Å². The van der Waals surface area contributed by atoms with Crippen molar-refractivity contribution in [3.05, 3.63) is 0 Å². The van der Waals surface area contributed by atoms with E-state index >= 15 is 0 Å². The van der Waals surface area contributed by atoms with Crippen LogP contribution in [0.25, 0.3) is 0 Å². The van der Waals surface area contributed by atoms with E-state index < -0.39 is 10.0 Å². The predicted octanol–water partition coefficient (Wildman–Crippen LogP) is 1.24. The maximum absolute atomic E-state index is 11.3. The van der Waals surface area contributed by atoms with Crippen LogP contribution in [0.15, 0.2) is 0 Å². The van der Waals surface area contributed by atoms with Crippen LogP contribution in [-0.2, 0) is 10.0 Å². The van der Waals surface area contributed by atoms with E-state index in [0.29, 0.717) is 0 Å². The van der Waals surface area contributed by atoms with Crippen LogP contribution in [0.2, 0.25) is 0 Å². The number of sulfonamides is 1. The van der Waals surface area contributed by atoms with Gasteiger partial charge in [0.1, 0.15) is 0 Å². The van der Waals surface area contributed by atoms with Crippen LogP contribution in [-0.4, -0.2) is 13.7 Å². The minimum absolute atomic E-state index is 0.0399. The number of hydrogen-bond acceptors (Lipinski definition) is 2. The zero-order valence-corrected chi connectivity index (χ0v) is 8.81. The fraction of sp³-hybridized carbons (Fsp3) is 1.00. The van der Waals surface area contributed by atoms with E-state index in [1.807, 2.05) is 0 Å². The molecule has 0 aromatic heterocycles. The van der Waals surface area contributed by atoms with Crippen LogP contribution in [0.4, 0.5) is 0 Å². The Labute approximate surface area is 79.7 Å². The van der Waals surface area contributed by atoms with Crippen LogP contribution in [0.1, 0.15) is 39.0 Å². The van der Waals surface area contributed by atoms with E-state index in [1.54, 1.807) is 6.92 Å². The van der Waals surface area contributed by atoms with Crippen LogP contribution in [0.5, 0.6) is 0 Å². The van der Waals surface area contributed by atoms with Crippen molar-refractivity contribution in [2.45, 2.75) is 44.3 Å². The summed E-state index contributed by atoms with van der Waals surface area (Å²) in [6.45, 7) is 1.78. The third-order valence-electron chi connectivity index (χ3n) is 4.15. The summed E-state index contributed by atoms with van der Waals surface area (Å²) < 4.78 is 22.6. The van der Waals surface area contributed by atoms with Gasteiger partial charge in [-0.2, -0.15) is 0 Å². The molecule has 4 heteroatoms. The van der Waals surface area contributed by atoms with Gasteiger partial charge in [-0.15, -0.1) is 0 Å². The van der Waals surface area contributed by atoms with Crippen molar-refractivity contribution in [2.24, 2.45) is 16.5 Å². The molecule has 2 bridgehead atoms. The van der Waals surface area contributed by atoms with Crippen LogP contribution < -0.4 is 5.14 Å². The van der Waals surface area contributed by atoms with Gasteiger partial charge in [0.05, 0.1) is 5.25 Å². The third kappa shape index (κ3) is 1.40. The highest BCUT2D eigenvalue weighted by atomic mass is 32.2. The zero-order valence-electron chi connectivity index (χ0n) is 7.99. The number of hydrogen-bond donors (Lipinski definition) is 1. The average Bonchev–Trinajstić information content (AvgIpc) is 2.60. The van der Waals surface area contributed by atoms with Crippen LogP contribution in [0, 0.1) is 11.3 Å². The van der Waals surface area contributed by atoms with Crippen molar-refractivity contribution in [1.82, 2.24) is 0 Å². The molecule has 0 aromatic rings. The first-order chi connectivity index (χ1) is 5.94. The Balaban J connectivity index is 2.25. The summed E-state index contributed by atoms with van der Waals surface area (Å²) in [5.41, 5.74) is 0.0399. The van der Waals surface area contributed by atoms with E-state index in [4.69, 9.17) is 5.14 Å². The largest absolute Gasteiger partial charge is 0.228 e. The molecule has 0 spiro atoms. The molecule has 2 fully saturated rings. The zero-order chi connectivity index (χ0) is 9.69. The van der Waals surface area contributed by atoms with Gasteiger partial charge in [0.2, 0.25) is 10.0 Å². The first-order valence-corrected chi connectivity index (χ1v) is 6.57. The lowest BCUT2D eigenvalue weighted by atomic mass is 9.81. The van der Waals surface area contributed by atoms with E-state index in [0.717, 1.165) is 25.2 Å². The average molecular weight is 203 g/mol. The third-order valence-corrected chi connectivity index (χ3v) is 5.64. The molecule has 13 heavy (non-hydrogen) atoms. The highest BCUT2D eigenvalue weighted by molar-refractivity contribution is 7.89. The van der Waals surface area contributed by atoms with Crippen LogP contribution >= 0.6 is 0 Å². The quantitative estimate of drug-likeness (QED) is 0.734. The van der Waals surface area contributed by atoms with Crippen molar-refractivity contribution >= 4 is 10.0 Å². The maximum atomic E-state index is 11.3. The van der Waals surface area contributed by atoms with Gasteiger partial charge in [0, 0.05) is 0 Å². The molecular weight excluding hydrogens is 186 g/mol. The standard InChI is InChI=1S/C9H17NO2S/c1-7(13(10,11)12)9-4-2-8(6-9)3-5-9/h7-8H,2-6H2,1H3,(H2,10,11,12). The van der Waals surface area contributed by atoms with Crippen molar-refractivity contribution in [1.29, 1.82) is 0 Å². The number of nitrogens with two attached hydrogens (primary N) is 1. The molecule has 2 aliphatic rings. The van der Waals surface area contributed by atoms with E-state index in [1.165, 1.54) is 12.8 Å². The van der Waals surface area contributed by atoms with E-state index in [2.05, 4.69) is 0 Å². The van der Waals surface area contributed by atoms with Gasteiger partial charge < -0.3 is 0 Å². The first-order valence-electron chi connectivity index (χ1n) is 4.96. The number of rotatable bonds is 2. The lowest BCUT2D eigenvalue weighted by Crippen LogP contribution is -2.39. The molecule has 1 unspecified atom stereocenters. The Morgan fingerprint density at radius 3 is 2.23 bits per heavy atom. The molecule has 0 saturated heterocycles. The number of fused-ring (bicyclic) bond motifs is 2. The normalized spacial score (nSPS) is 40.9. The lowest BCUT2D eigenvalue weighted by molar-refractivity contribution is 0.285. The highest BCUT2D eigenvalue weighted by Gasteiger charge is 2.51. The van der Waals surface area contributed by atoms with Crippen molar-refractivity contribution in [3.8, 4) is 0 Å². The SMILES string of the molecule is CC(C12CCC(CC1)C2)S(N)(=O)=O. The van der Waals surface area contributed by atoms with Crippen molar-refractivity contribution in [2.75, 3.05) is 0 Å². The van der Waals surface area contributed by atoms with Gasteiger partial charge in [-0.25, -0.2) is 13.6 Å². The summed E-state index contributed by atoms with van der Waals surface area (Å²) in [4.78, 5) is 0. The summed E-state index contributed by atoms with van der Waals surface area (Å²) >= 11 is 0. The topological polar surface area (TPSA) is 60.2 Å². The molecule has 2 N–H and O–H groups in total. The predicted molar refractivity (Wildman–Crippen MR) is 51.6 cm³/mol. The second-order valence-electron chi connectivity index (χ2n) is 4.74. The monoisotopic (exact) mass is 203 g/mol. The van der Waals surface area contributed by atoms with Crippen LogP contribution in [0.3, 0.4) is 0 Å². The summed E-state index contributed by atoms with van der Waals surface area (Å²) in [6.07, 6.45) is 5.63. The second-order valence-corrected chi connectivity index (χ2v) is 6.63. The Hall–Kier alpha value is -0.0900. The Kier molecular flexibility index (Phi) is 1.97. The van der Waals surface area contributed by atoms with E-state index in [9.17, 15) is 8.42 Å². The molecular formula is C9H17NO2S. The van der Waals surface area contributed by atoms with Gasteiger partial charge in [0.25, 0.3) is 0 Å². The summed E-state index contributed by atoms with van der Waals surface area (Å²) in [7, 11) is -3.33. The molecule has 76 valence electrons. The number of primary sulfonamides is 1. The molecule has 2 saturated carbocycles. The minimum atomic E-state index is -3.33. The molecule has 0 amide bonds. The van der Waals surface area contributed by atoms with E-state index in [-0.39, 0.29) is 10.7 Å². The summed E-state index contributed by atoms with van der Waals surface area (Å²) in [6, 6.07) is 0. The fourth-order valence-corrected chi connectivity index (χ4v) is 4.19. The van der Waals surface area contributed by atoms with Gasteiger partial charge in [-0.1, -0.05) is 0 Å². The summed E-state index contributed by atoms with van der Waals surface area (Å²) in [5.74, 6) is 0.782. The molecule has 0 radical (unpaired) electrons. The van der Waals surface area contributed by atoms with Gasteiger partial charge in [-0.3, -0.25) is 0 Å². The van der Waals surface area contributed by atoms with Crippen molar-refractivity contribution < 1.29 is 8.42 Å². The van der Waals surface area contributed by atoms with Crippen molar-refractivity contribution in [3.63, 3.8) is 0 Å². The molecule has 0 aromatic carbocycles. The van der Waals surface area contributed by atoms with Gasteiger partial charge in [-0.05, 0) is 50.4 Å². The first kappa shape index (κ1) is 9.46.